The number of Topliss-reactive ketones (excluding diaryl/α,β-unsaturated/α-hetero) is 1. The fourth-order valence-electron chi connectivity index (χ4n) is 7.44. The lowest BCUT2D eigenvalue weighted by molar-refractivity contribution is -0.131. The van der Waals surface area contributed by atoms with Crippen LogP contribution in [0.1, 0.15) is 84.3 Å². The first-order valence-corrected chi connectivity index (χ1v) is 25.3. The summed E-state index contributed by atoms with van der Waals surface area (Å²) < 4.78 is 58.6. The number of amides is 2. The van der Waals surface area contributed by atoms with Gasteiger partial charge in [0, 0.05) is 104 Å². The van der Waals surface area contributed by atoms with Crippen LogP contribution in [-0.2, 0) is 60.6 Å². The van der Waals surface area contributed by atoms with Crippen molar-refractivity contribution in [2.24, 2.45) is 0 Å². The molecule has 0 unspecified atom stereocenters. The SMILES string of the molecule is CCC(=O)c1ccc(CN(c2ccc(CN3CCN(C(C)=O)CC3)cc2)S(=O)(=O)CC)nc1.CCS(=O)(=O)N(Cc1ccc(C(=O)OC)cn1)c1ccc(CN2CCN(C(C)=O)CC2)cc1.N. The van der Waals surface area contributed by atoms with Crippen molar-refractivity contribution < 1.29 is 40.8 Å². The molecule has 364 valence electrons. The van der Waals surface area contributed by atoms with Crippen LogP contribution in [0, 0.1) is 0 Å². The predicted octanol–water partition coefficient (Wildman–Crippen LogP) is 4.75. The lowest BCUT2D eigenvalue weighted by Crippen LogP contribution is -2.47. The highest BCUT2D eigenvalue weighted by Gasteiger charge is 2.25. The number of pyridine rings is 2. The summed E-state index contributed by atoms with van der Waals surface area (Å²) in [7, 11) is -5.77. The Morgan fingerprint density at radius 1 is 0.567 bits per heavy atom. The number of hydrogen-bond acceptors (Lipinski definition) is 14. The van der Waals surface area contributed by atoms with Gasteiger partial charge in [0.2, 0.25) is 31.9 Å². The topological polar surface area (TPSA) is 226 Å². The normalized spacial score (nSPS) is 14.5. The quantitative estimate of drug-likeness (QED) is 0.111. The molecule has 0 aliphatic carbocycles. The number of ether oxygens (including phenoxy) is 1. The van der Waals surface area contributed by atoms with Crippen molar-refractivity contribution in [2.45, 2.75) is 67.2 Å². The number of anilines is 2. The second-order valence-electron chi connectivity index (χ2n) is 16.1. The van der Waals surface area contributed by atoms with Crippen molar-refractivity contribution in [3.63, 3.8) is 0 Å². The van der Waals surface area contributed by atoms with E-state index in [9.17, 15) is 36.0 Å². The van der Waals surface area contributed by atoms with Gasteiger partial charge in [0.1, 0.15) is 0 Å². The standard InChI is InChI=1S/C24H32N4O4S.C23H30N4O5S.H3N/c1-4-24(30)21-8-9-22(25-16-21)18-28(33(31,32)5-2)23-10-6-20(7-11-23)17-26-12-14-27(15-13-26)19(3)29;1-4-33(30,31)27(17-21-8-7-20(15-24-21)23(29)32-3)22-9-5-19(6-10-22)16-25-11-13-26(14-12-25)18(2)28;/h6-11,16H,4-5,12-15,17-18H2,1-3H3;5-10,15H,4,11-14,16-17H2,1-3H3;1H3. The molecule has 0 spiro atoms. The third kappa shape index (κ3) is 15.1. The van der Waals surface area contributed by atoms with Crippen LogP contribution in [0.25, 0.3) is 0 Å². The zero-order valence-electron chi connectivity index (χ0n) is 39.5. The molecule has 2 aromatic heterocycles. The van der Waals surface area contributed by atoms with Gasteiger partial charge in [0.15, 0.2) is 5.78 Å². The van der Waals surface area contributed by atoms with Gasteiger partial charge in [0.05, 0.1) is 60.0 Å². The third-order valence-electron chi connectivity index (χ3n) is 11.6. The maximum Gasteiger partial charge on any atom is 0.339 e. The number of hydrogen-bond donors (Lipinski definition) is 1. The van der Waals surface area contributed by atoms with Gasteiger partial charge in [-0.3, -0.25) is 42.8 Å². The molecular formula is C47H65N9O9S2. The molecule has 6 rings (SSSR count). The first-order valence-electron chi connectivity index (χ1n) is 22.1. The summed E-state index contributed by atoms with van der Waals surface area (Å²) in [5.74, 6) is -0.351. The summed E-state index contributed by atoms with van der Waals surface area (Å²) in [5, 5.41) is 0. The Morgan fingerprint density at radius 3 is 1.24 bits per heavy atom. The van der Waals surface area contributed by atoms with Gasteiger partial charge in [-0.15, -0.1) is 0 Å². The Morgan fingerprint density at radius 2 is 0.940 bits per heavy atom. The monoisotopic (exact) mass is 963 g/mol. The first kappa shape index (κ1) is 53.8. The Hall–Kier alpha value is -5.80. The van der Waals surface area contributed by atoms with Gasteiger partial charge in [-0.05, 0) is 73.5 Å². The van der Waals surface area contributed by atoms with Crippen molar-refractivity contribution >= 4 is 55.0 Å². The number of rotatable bonds is 17. The Bertz CT molecular complexity index is 2300. The molecule has 0 bridgehead atoms. The number of methoxy groups -OCH3 is 1. The second-order valence-corrected chi connectivity index (χ2v) is 20.4. The Kier molecular flexibility index (Phi) is 19.9. The van der Waals surface area contributed by atoms with E-state index in [1.54, 1.807) is 71.0 Å². The molecule has 0 radical (unpaired) electrons. The highest BCUT2D eigenvalue weighted by Crippen LogP contribution is 2.25. The molecule has 2 fully saturated rings. The molecule has 0 atom stereocenters. The number of carbonyl (C=O) groups is 4. The number of esters is 1. The van der Waals surface area contributed by atoms with Crippen LogP contribution in [-0.4, -0.2) is 141 Å². The molecule has 3 N–H and O–H groups in total. The highest BCUT2D eigenvalue weighted by atomic mass is 32.2. The van der Waals surface area contributed by atoms with Gasteiger partial charge in [0.25, 0.3) is 0 Å². The summed E-state index contributed by atoms with van der Waals surface area (Å²) >= 11 is 0. The summed E-state index contributed by atoms with van der Waals surface area (Å²) in [6, 6.07) is 21.6. The summed E-state index contributed by atoms with van der Waals surface area (Å²) in [6.07, 6.45) is 3.29. The minimum Gasteiger partial charge on any atom is -0.465 e. The van der Waals surface area contributed by atoms with Crippen LogP contribution >= 0.6 is 0 Å². The van der Waals surface area contributed by atoms with Crippen LogP contribution in [0.5, 0.6) is 0 Å². The number of sulfonamides is 2. The number of carbonyl (C=O) groups excluding carboxylic acids is 4. The molecule has 2 saturated heterocycles. The highest BCUT2D eigenvalue weighted by molar-refractivity contribution is 7.93. The molecule has 4 heterocycles. The fraction of sp³-hybridized carbons (Fsp3) is 0.447. The maximum absolute atomic E-state index is 12.8. The summed E-state index contributed by atoms with van der Waals surface area (Å²) in [4.78, 5) is 63.2. The van der Waals surface area contributed by atoms with E-state index >= 15 is 0 Å². The molecule has 2 aliphatic rings. The molecule has 2 aromatic carbocycles. The fourth-order valence-corrected chi connectivity index (χ4v) is 9.61. The Labute approximate surface area is 395 Å². The molecule has 2 aliphatic heterocycles. The van der Waals surface area contributed by atoms with E-state index in [4.69, 9.17) is 0 Å². The predicted molar refractivity (Wildman–Crippen MR) is 259 cm³/mol. The number of nitrogens with zero attached hydrogens (tertiary/aromatic N) is 8. The second kappa shape index (κ2) is 24.8. The van der Waals surface area contributed by atoms with E-state index in [-0.39, 0.29) is 48.3 Å². The van der Waals surface area contributed by atoms with Crippen LogP contribution in [0.4, 0.5) is 11.4 Å². The summed E-state index contributed by atoms with van der Waals surface area (Å²) in [5.41, 5.74) is 5.23. The molecule has 67 heavy (non-hydrogen) atoms. The molecular weight excluding hydrogens is 899 g/mol. The third-order valence-corrected chi connectivity index (χ3v) is 15.1. The molecule has 20 heteroatoms. The van der Waals surface area contributed by atoms with Crippen LogP contribution in [0.2, 0.25) is 0 Å². The van der Waals surface area contributed by atoms with E-state index in [0.29, 0.717) is 40.3 Å². The van der Waals surface area contributed by atoms with E-state index in [0.717, 1.165) is 76.6 Å². The minimum atomic E-state index is -3.54. The lowest BCUT2D eigenvalue weighted by Gasteiger charge is -2.34. The largest absolute Gasteiger partial charge is 0.465 e. The molecule has 4 aromatic rings. The van der Waals surface area contributed by atoms with Gasteiger partial charge in [-0.25, -0.2) is 21.6 Å². The number of piperazine rings is 2. The smallest absolute Gasteiger partial charge is 0.339 e. The number of benzene rings is 2. The van der Waals surface area contributed by atoms with E-state index < -0.39 is 26.0 Å². The van der Waals surface area contributed by atoms with Gasteiger partial charge in [-0.2, -0.15) is 0 Å². The van der Waals surface area contributed by atoms with E-state index in [1.165, 1.54) is 28.1 Å². The first-order chi connectivity index (χ1) is 31.5. The maximum atomic E-state index is 12.8. The van der Waals surface area contributed by atoms with Crippen LogP contribution < -0.4 is 14.8 Å². The van der Waals surface area contributed by atoms with Crippen molar-refractivity contribution in [2.75, 3.05) is 79.6 Å². The van der Waals surface area contributed by atoms with Crippen LogP contribution in [0.15, 0.2) is 85.2 Å². The van der Waals surface area contributed by atoms with Gasteiger partial charge in [-0.1, -0.05) is 31.2 Å². The van der Waals surface area contributed by atoms with Crippen molar-refractivity contribution in [3.05, 3.63) is 119 Å². The van der Waals surface area contributed by atoms with Crippen molar-refractivity contribution in [1.29, 1.82) is 0 Å². The Balaban J connectivity index is 0.000000288. The zero-order valence-corrected chi connectivity index (χ0v) is 41.1. The zero-order chi connectivity index (χ0) is 48.0. The number of aromatic nitrogens is 2. The molecule has 0 saturated carbocycles. The lowest BCUT2D eigenvalue weighted by atomic mass is 10.1. The van der Waals surface area contributed by atoms with Crippen molar-refractivity contribution in [1.82, 2.24) is 35.7 Å². The van der Waals surface area contributed by atoms with Gasteiger partial charge < -0.3 is 20.7 Å². The average molecular weight is 964 g/mol. The average Bonchev–Trinajstić information content (AvgIpc) is 3.33. The van der Waals surface area contributed by atoms with Gasteiger partial charge >= 0.3 is 5.97 Å². The van der Waals surface area contributed by atoms with E-state index in [2.05, 4.69) is 24.5 Å². The molecule has 2 amide bonds. The minimum absolute atomic E-state index is 0. The number of ketones is 1. The van der Waals surface area contributed by atoms with Crippen LogP contribution in [0.3, 0.4) is 0 Å². The van der Waals surface area contributed by atoms with Crippen molar-refractivity contribution in [3.8, 4) is 0 Å². The molecule has 18 nitrogen and oxygen atoms in total. The van der Waals surface area contributed by atoms with E-state index in [1.807, 2.05) is 46.2 Å². The summed E-state index contributed by atoms with van der Waals surface area (Å²) in [6.45, 7) is 16.0.